The minimum atomic E-state index is -0.873. The predicted molar refractivity (Wildman–Crippen MR) is 166 cm³/mol. The molecule has 0 fully saturated rings. The van der Waals surface area contributed by atoms with Gasteiger partial charge in [0, 0.05) is 30.9 Å². The van der Waals surface area contributed by atoms with Crippen molar-refractivity contribution in [3.05, 3.63) is 132 Å². The van der Waals surface area contributed by atoms with Crippen LogP contribution in [0.2, 0.25) is 0 Å². The van der Waals surface area contributed by atoms with Crippen LogP contribution in [0.15, 0.2) is 132 Å². The molecule has 6 rings (SSSR count). The Hall–Kier alpha value is -3.72. The topological polar surface area (TPSA) is 112 Å². The zero-order chi connectivity index (χ0) is 29.6. The number of nitrogens with zero attached hydrogens (tertiary/aromatic N) is 4. The summed E-state index contributed by atoms with van der Waals surface area (Å²) in [5.74, 6) is -0.875. The number of hydrazone groups is 2. The van der Waals surface area contributed by atoms with E-state index in [-0.39, 0.29) is 19.5 Å². The monoisotopic (exact) mass is 628 g/mol. The van der Waals surface area contributed by atoms with Gasteiger partial charge in [0.25, 0.3) is 0 Å². The van der Waals surface area contributed by atoms with Crippen LogP contribution in [-0.2, 0) is 19.5 Å². The van der Waals surface area contributed by atoms with Gasteiger partial charge in [0.2, 0.25) is 0 Å². The van der Waals surface area contributed by atoms with Gasteiger partial charge in [-0.05, 0) is 49.2 Å². The molecule has 0 saturated heterocycles. The van der Waals surface area contributed by atoms with E-state index >= 15 is 0 Å². The van der Waals surface area contributed by atoms with E-state index < -0.39 is 36.5 Å². The first-order valence-electron chi connectivity index (χ1n) is 14.0. The molecule has 0 aliphatic carbocycles. The second-order valence-electron chi connectivity index (χ2n) is 10.4. The van der Waals surface area contributed by atoms with Crippen LogP contribution < -0.4 is 10.0 Å². The number of hydrogen-bond acceptors (Lipinski definition) is 8. The van der Waals surface area contributed by atoms with Gasteiger partial charge < -0.3 is 20.4 Å². The maximum Gasteiger partial charge on any atom is 0.158 e. The quantitative estimate of drug-likeness (QED) is 0.221. The second kappa shape index (κ2) is 14.6. The summed E-state index contributed by atoms with van der Waals surface area (Å²) in [5, 5.41) is 54.2. The molecule has 0 saturated carbocycles. The molecule has 0 aromatic heterocycles. The number of aliphatic hydroxyl groups excluding tert-OH is 4. The summed E-state index contributed by atoms with van der Waals surface area (Å²) in [6, 6.07) is 37.7. The van der Waals surface area contributed by atoms with Crippen molar-refractivity contribution >= 4 is 22.8 Å². The first-order valence-corrected chi connectivity index (χ1v) is 14.0. The van der Waals surface area contributed by atoms with Crippen LogP contribution in [0.25, 0.3) is 0 Å². The fourth-order valence-corrected chi connectivity index (χ4v) is 5.41. The van der Waals surface area contributed by atoms with Crippen LogP contribution in [0.5, 0.6) is 0 Å². The van der Waals surface area contributed by atoms with Crippen molar-refractivity contribution < 1.29 is 39.9 Å². The van der Waals surface area contributed by atoms with E-state index in [1.165, 1.54) is 0 Å². The predicted octanol–water partition coefficient (Wildman–Crippen LogP) is 5.10. The van der Waals surface area contributed by atoms with Crippen molar-refractivity contribution in [2.24, 2.45) is 22.0 Å². The number of hydrogen-bond donors (Lipinski definition) is 4. The summed E-state index contributed by atoms with van der Waals surface area (Å²) >= 11 is 0. The summed E-state index contributed by atoms with van der Waals surface area (Å²) < 4.78 is 0. The Kier molecular flexibility index (Phi) is 11.0. The molecule has 2 aliphatic rings. The van der Waals surface area contributed by atoms with Crippen molar-refractivity contribution in [2.45, 2.75) is 38.5 Å². The third kappa shape index (κ3) is 7.09. The van der Waals surface area contributed by atoms with Gasteiger partial charge in [0.1, 0.15) is 0 Å². The van der Waals surface area contributed by atoms with Gasteiger partial charge in [0.05, 0.1) is 35.4 Å². The van der Waals surface area contributed by atoms with Crippen LogP contribution in [0.4, 0.5) is 11.4 Å². The van der Waals surface area contributed by atoms with Crippen molar-refractivity contribution in [2.75, 3.05) is 10.0 Å². The maximum atomic E-state index is 10.6. The van der Waals surface area contributed by atoms with Crippen molar-refractivity contribution in [3.8, 4) is 0 Å². The van der Waals surface area contributed by atoms with E-state index in [4.69, 9.17) is 0 Å². The molecule has 0 spiro atoms. The van der Waals surface area contributed by atoms with Crippen LogP contribution in [0, 0.1) is 11.8 Å². The number of rotatable bonds is 6. The van der Waals surface area contributed by atoms with Gasteiger partial charge in [0.15, 0.2) is 12.5 Å². The van der Waals surface area contributed by atoms with Crippen LogP contribution >= 0.6 is 0 Å². The fraction of sp³-hybridized carbons (Fsp3) is 0.235. The van der Waals surface area contributed by atoms with E-state index in [9.17, 15) is 20.4 Å². The van der Waals surface area contributed by atoms with Gasteiger partial charge >= 0.3 is 0 Å². The summed E-state index contributed by atoms with van der Waals surface area (Å²) in [6.45, 7) is 3.67. The minimum absolute atomic E-state index is 0. The molecule has 0 radical (unpaired) electrons. The molecule has 4 aromatic rings. The number of benzene rings is 4. The fourth-order valence-electron chi connectivity index (χ4n) is 5.41. The molecule has 0 amide bonds. The Labute approximate surface area is 265 Å². The summed E-state index contributed by atoms with van der Waals surface area (Å²) in [7, 11) is 0. The van der Waals surface area contributed by atoms with Crippen LogP contribution in [0.3, 0.4) is 0 Å². The Morgan fingerprint density at radius 1 is 0.512 bits per heavy atom. The van der Waals surface area contributed by atoms with Gasteiger partial charge in [-0.15, -0.1) is 0 Å². The molecular formula is C34H36N4O4Zn. The first kappa shape index (κ1) is 32.2. The SMILES string of the molecule is CC1=NN(c2ccccc2)C(O)C1C(O)c1ccccc1.CC1=NN(c2ccccc2)C(O)C1C(O)c1ccccc1.[Zn]. The third-order valence-electron chi connectivity index (χ3n) is 7.64. The molecule has 6 unspecified atom stereocenters. The van der Waals surface area contributed by atoms with Gasteiger partial charge in [-0.3, -0.25) is 0 Å². The standard InChI is InChI=1S/2C17H18N2O2.Zn/c2*1-12-15(16(20)13-8-4-2-5-9-13)17(21)19(18-12)14-10-6-3-7-11-14;/h2*2-11,15-17,20-21H,1H3;. The summed E-state index contributed by atoms with van der Waals surface area (Å²) in [6.07, 6.45) is -3.30. The van der Waals surface area contributed by atoms with Gasteiger partial charge in [-0.25, -0.2) is 10.0 Å². The Balaban J connectivity index is 0.000000192. The molecule has 4 aromatic carbocycles. The molecule has 43 heavy (non-hydrogen) atoms. The van der Waals surface area contributed by atoms with Gasteiger partial charge in [-0.2, -0.15) is 10.2 Å². The summed E-state index contributed by atoms with van der Waals surface area (Å²) in [4.78, 5) is 0. The van der Waals surface area contributed by atoms with E-state index in [0.717, 1.165) is 33.9 Å². The Morgan fingerprint density at radius 3 is 1.09 bits per heavy atom. The minimum Gasteiger partial charge on any atom is -0.388 e. The maximum absolute atomic E-state index is 10.6. The molecule has 9 heteroatoms. The smallest absolute Gasteiger partial charge is 0.158 e. The molecule has 8 nitrogen and oxygen atoms in total. The number of anilines is 2. The van der Waals surface area contributed by atoms with Crippen LogP contribution in [-0.4, -0.2) is 44.3 Å². The van der Waals surface area contributed by atoms with Gasteiger partial charge in [-0.1, -0.05) is 97.1 Å². The van der Waals surface area contributed by atoms with E-state index in [1.807, 2.05) is 135 Å². The molecule has 218 valence electrons. The van der Waals surface area contributed by atoms with Crippen molar-refractivity contribution in [3.63, 3.8) is 0 Å². The molecular weight excluding hydrogens is 594 g/mol. The first-order chi connectivity index (χ1) is 20.4. The molecule has 4 N–H and O–H groups in total. The number of aliphatic hydroxyl groups is 4. The normalized spacial score (nSPS) is 22.5. The Bertz CT molecular complexity index is 1380. The van der Waals surface area contributed by atoms with E-state index in [1.54, 1.807) is 10.0 Å². The summed E-state index contributed by atoms with van der Waals surface area (Å²) in [5.41, 5.74) is 4.64. The molecule has 2 heterocycles. The zero-order valence-electron chi connectivity index (χ0n) is 24.3. The molecule has 2 aliphatic heterocycles. The molecule has 6 atom stereocenters. The van der Waals surface area contributed by atoms with E-state index in [2.05, 4.69) is 10.2 Å². The van der Waals surface area contributed by atoms with Crippen LogP contribution in [0.1, 0.15) is 37.2 Å². The zero-order valence-corrected chi connectivity index (χ0v) is 27.3. The number of para-hydroxylation sites is 2. The average Bonchev–Trinajstić information content (AvgIpc) is 3.51. The van der Waals surface area contributed by atoms with Crippen molar-refractivity contribution in [1.29, 1.82) is 0 Å². The second-order valence-corrected chi connectivity index (χ2v) is 10.4. The third-order valence-corrected chi connectivity index (χ3v) is 7.64. The average molecular weight is 630 g/mol. The Morgan fingerprint density at radius 2 is 0.791 bits per heavy atom. The van der Waals surface area contributed by atoms with Crippen molar-refractivity contribution in [1.82, 2.24) is 0 Å². The van der Waals surface area contributed by atoms with E-state index in [0.29, 0.717) is 0 Å². The largest absolute Gasteiger partial charge is 0.388 e. The molecule has 0 bridgehead atoms.